The summed E-state index contributed by atoms with van der Waals surface area (Å²) in [6, 6.07) is 6.12. The Kier molecular flexibility index (Phi) is 3.87. The van der Waals surface area contributed by atoms with Gasteiger partial charge < -0.3 is 5.11 Å². The van der Waals surface area contributed by atoms with Crippen LogP contribution in [0.15, 0.2) is 24.3 Å². The van der Waals surface area contributed by atoms with E-state index in [1.165, 1.54) is 6.07 Å². The second kappa shape index (κ2) is 5.16. The first-order chi connectivity index (χ1) is 7.15. The fourth-order valence-electron chi connectivity index (χ4n) is 1.32. The van der Waals surface area contributed by atoms with Gasteiger partial charge in [0.1, 0.15) is 5.82 Å². The van der Waals surface area contributed by atoms with E-state index in [0.29, 0.717) is 5.56 Å². The highest BCUT2D eigenvalue weighted by atomic mass is 19.1. The molecule has 0 aliphatic carbocycles. The van der Waals surface area contributed by atoms with Crippen LogP contribution in [0.5, 0.6) is 0 Å². The zero-order valence-corrected chi connectivity index (χ0v) is 8.11. The monoisotopic (exact) mass is 206 g/mol. The predicted octanol–water partition coefficient (Wildman–Crippen LogP) is 2.09. The molecule has 0 heterocycles. The molecule has 0 aliphatic rings. The maximum Gasteiger partial charge on any atom is 0.307 e. The second-order valence-corrected chi connectivity index (χ2v) is 3.24. The maximum absolute atomic E-state index is 13.2. The molecular formula is C12H11FO2. The number of halogens is 1. The molecule has 0 aromatic heterocycles. The molecule has 0 spiro atoms. The number of hydrogen-bond acceptors (Lipinski definition) is 1. The molecule has 1 aromatic rings. The summed E-state index contributed by atoms with van der Waals surface area (Å²) in [5.74, 6) is 0.192. The lowest BCUT2D eigenvalue weighted by Gasteiger charge is -2.09. The van der Waals surface area contributed by atoms with Gasteiger partial charge in [0, 0.05) is 6.42 Å². The molecular weight excluding hydrogens is 195 g/mol. The Labute approximate surface area is 87.7 Å². The number of benzene rings is 1. The third-order valence-corrected chi connectivity index (χ3v) is 2.14. The number of carboxylic acids is 1. The molecule has 1 atom stereocenters. The van der Waals surface area contributed by atoms with Crippen molar-refractivity contribution in [2.75, 3.05) is 0 Å². The molecule has 0 radical (unpaired) electrons. The summed E-state index contributed by atoms with van der Waals surface area (Å²) in [4.78, 5) is 10.8. The second-order valence-electron chi connectivity index (χ2n) is 3.24. The van der Waals surface area contributed by atoms with Gasteiger partial charge in [-0.2, -0.15) is 0 Å². The molecule has 1 N–H and O–H groups in total. The molecule has 2 nitrogen and oxygen atoms in total. The molecule has 1 rings (SSSR count). The molecule has 3 heteroatoms. The van der Waals surface area contributed by atoms with Gasteiger partial charge >= 0.3 is 5.97 Å². The third-order valence-electron chi connectivity index (χ3n) is 2.14. The van der Waals surface area contributed by atoms with E-state index >= 15 is 0 Å². The molecule has 0 amide bonds. The van der Waals surface area contributed by atoms with Crippen molar-refractivity contribution in [3.63, 3.8) is 0 Å². The summed E-state index contributed by atoms with van der Waals surface area (Å²) in [5.41, 5.74) is 0.389. The number of hydrogen-bond donors (Lipinski definition) is 1. The van der Waals surface area contributed by atoms with Crippen LogP contribution in [0.3, 0.4) is 0 Å². The van der Waals surface area contributed by atoms with Gasteiger partial charge in [0.15, 0.2) is 0 Å². The van der Waals surface area contributed by atoms with Crippen molar-refractivity contribution in [1.29, 1.82) is 0 Å². The van der Waals surface area contributed by atoms with Crippen molar-refractivity contribution < 1.29 is 14.3 Å². The topological polar surface area (TPSA) is 37.3 Å². The number of carboxylic acid groups (broad SMARTS) is 1. The quantitative estimate of drug-likeness (QED) is 0.766. The largest absolute Gasteiger partial charge is 0.481 e. The zero-order valence-electron chi connectivity index (χ0n) is 8.11. The lowest BCUT2D eigenvalue weighted by Crippen LogP contribution is -2.16. The summed E-state index contributed by atoms with van der Waals surface area (Å²) in [7, 11) is 0. The summed E-state index contributed by atoms with van der Waals surface area (Å²) < 4.78 is 13.2. The van der Waals surface area contributed by atoms with Crippen LogP contribution >= 0.6 is 0 Å². The average Bonchev–Trinajstić information content (AvgIpc) is 2.20. The molecule has 0 aliphatic heterocycles. The molecule has 0 saturated carbocycles. The molecule has 15 heavy (non-hydrogen) atoms. The van der Waals surface area contributed by atoms with Crippen molar-refractivity contribution in [3.8, 4) is 12.3 Å². The van der Waals surface area contributed by atoms with E-state index in [-0.39, 0.29) is 18.7 Å². The molecule has 0 bridgehead atoms. The Balaban J connectivity index is 2.79. The SMILES string of the molecule is C#CCC(Cc1ccccc1F)C(=O)O. The van der Waals surface area contributed by atoms with Gasteiger partial charge in [-0.3, -0.25) is 4.79 Å². The standard InChI is InChI=1S/C12H11FO2/c1-2-5-10(12(14)15)8-9-6-3-4-7-11(9)13/h1,3-4,6-7,10H,5,8H2,(H,14,15). The van der Waals surface area contributed by atoms with Gasteiger partial charge in [0.05, 0.1) is 5.92 Å². The summed E-state index contributed by atoms with van der Waals surface area (Å²) >= 11 is 0. The highest BCUT2D eigenvalue weighted by Gasteiger charge is 2.18. The summed E-state index contributed by atoms with van der Waals surface area (Å²) in [6.07, 6.45) is 5.30. The molecule has 78 valence electrons. The normalized spacial score (nSPS) is 11.7. The minimum atomic E-state index is -0.990. The Hall–Kier alpha value is -1.82. The van der Waals surface area contributed by atoms with Crippen LogP contribution in [0.25, 0.3) is 0 Å². The van der Waals surface area contributed by atoms with Gasteiger partial charge in [-0.25, -0.2) is 4.39 Å². The Morgan fingerprint density at radius 2 is 2.20 bits per heavy atom. The number of terminal acetylenes is 1. The summed E-state index contributed by atoms with van der Waals surface area (Å²) in [5, 5.41) is 8.84. The van der Waals surface area contributed by atoms with E-state index in [9.17, 15) is 9.18 Å². The van der Waals surface area contributed by atoms with Crippen molar-refractivity contribution in [1.82, 2.24) is 0 Å². The van der Waals surface area contributed by atoms with Crippen LogP contribution < -0.4 is 0 Å². The number of aliphatic carboxylic acids is 1. The van der Waals surface area contributed by atoms with Gasteiger partial charge in [0.25, 0.3) is 0 Å². The molecule has 1 aromatic carbocycles. The minimum Gasteiger partial charge on any atom is -0.481 e. The van der Waals surface area contributed by atoms with Crippen molar-refractivity contribution in [3.05, 3.63) is 35.6 Å². The first kappa shape index (κ1) is 11.3. The number of rotatable bonds is 4. The predicted molar refractivity (Wildman–Crippen MR) is 54.7 cm³/mol. The fourth-order valence-corrected chi connectivity index (χ4v) is 1.32. The Morgan fingerprint density at radius 3 is 2.73 bits per heavy atom. The molecule has 1 unspecified atom stereocenters. The highest BCUT2D eigenvalue weighted by molar-refractivity contribution is 5.70. The maximum atomic E-state index is 13.2. The lowest BCUT2D eigenvalue weighted by atomic mass is 9.96. The number of carbonyl (C=O) groups is 1. The first-order valence-electron chi connectivity index (χ1n) is 4.55. The van der Waals surface area contributed by atoms with Gasteiger partial charge in [-0.15, -0.1) is 12.3 Å². The molecule has 0 fully saturated rings. The van der Waals surface area contributed by atoms with Gasteiger partial charge in [0.2, 0.25) is 0 Å². The van der Waals surface area contributed by atoms with Crippen molar-refractivity contribution in [2.45, 2.75) is 12.8 Å². The van der Waals surface area contributed by atoms with Crippen LogP contribution in [0, 0.1) is 24.1 Å². The van der Waals surface area contributed by atoms with E-state index in [4.69, 9.17) is 11.5 Å². The van der Waals surface area contributed by atoms with E-state index in [1.807, 2.05) is 0 Å². The van der Waals surface area contributed by atoms with E-state index in [0.717, 1.165) is 0 Å². The Bertz CT molecular complexity index is 393. The Morgan fingerprint density at radius 1 is 1.53 bits per heavy atom. The van der Waals surface area contributed by atoms with E-state index in [1.54, 1.807) is 18.2 Å². The third kappa shape index (κ3) is 3.10. The minimum absolute atomic E-state index is 0.115. The van der Waals surface area contributed by atoms with Crippen LogP contribution in [-0.2, 0) is 11.2 Å². The van der Waals surface area contributed by atoms with Gasteiger partial charge in [-0.1, -0.05) is 18.2 Å². The van der Waals surface area contributed by atoms with Crippen LogP contribution in [0.1, 0.15) is 12.0 Å². The van der Waals surface area contributed by atoms with E-state index in [2.05, 4.69) is 5.92 Å². The first-order valence-corrected chi connectivity index (χ1v) is 4.55. The average molecular weight is 206 g/mol. The smallest absolute Gasteiger partial charge is 0.307 e. The lowest BCUT2D eigenvalue weighted by molar-refractivity contribution is -0.141. The van der Waals surface area contributed by atoms with E-state index < -0.39 is 11.9 Å². The summed E-state index contributed by atoms with van der Waals surface area (Å²) in [6.45, 7) is 0. The highest BCUT2D eigenvalue weighted by Crippen LogP contribution is 2.15. The molecule has 0 saturated heterocycles. The van der Waals surface area contributed by atoms with Crippen LogP contribution in [0.2, 0.25) is 0 Å². The van der Waals surface area contributed by atoms with Crippen molar-refractivity contribution >= 4 is 5.97 Å². The van der Waals surface area contributed by atoms with Crippen molar-refractivity contribution in [2.24, 2.45) is 5.92 Å². The van der Waals surface area contributed by atoms with Crippen LogP contribution in [-0.4, -0.2) is 11.1 Å². The van der Waals surface area contributed by atoms with Crippen LogP contribution in [0.4, 0.5) is 4.39 Å². The fraction of sp³-hybridized carbons (Fsp3) is 0.250. The van der Waals surface area contributed by atoms with Gasteiger partial charge in [-0.05, 0) is 18.1 Å². The zero-order chi connectivity index (χ0) is 11.3.